The van der Waals surface area contributed by atoms with Crippen molar-refractivity contribution in [1.29, 1.82) is 0 Å². The van der Waals surface area contributed by atoms with Crippen molar-refractivity contribution in [3.8, 4) is 0 Å². The number of aliphatic hydroxyl groups excluding tert-OH is 1. The van der Waals surface area contributed by atoms with Crippen LogP contribution in [0, 0.1) is 5.82 Å². The Morgan fingerprint density at radius 3 is 2.53 bits per heavy atom. The fourth-order valence-corrected chi connectivity index (χ4v) is 4.07. The molecule has 2 aromatic carbocycles. The summed E-state index contributed by atoms with van der Waals surface area (Å²) >= 11 is 0. The second-order valence-corrected chi connectivity index (χ2v) is 8.43. The molecule has 1 saturated heterocycles. The number of hydrogen-bond donors (Lipinski definition) is 2. The molecule has 0 saturated carbocycles. The van der Waals surface area contributed by atoms with Crippen LogP contribution in [0.2, 0.25) is 0 Å². The molecule has 0 spiro atoms. The van der Waals surface area contributed by atoms with Crippen LogP contribution in [-0.4, -0.2) is 77.0 Å². The zero-order valence-corrected chi connectivity index (χ0v) is 20.3. The van der Waals surface area contributed by atoms with Gasteiger partial charge < -0.3 is 25.0 Å². The highest BCUT2D eigenvalue weighted by atomic mass is 19.1. The van der Waals surface area contributed by atoms with Gasteiger partial charge in [0.25, 0.3) is 11.8 Å². The van der Waals surface area contributed by atoms with Crippen molar-refractivity contribution in [2.75, 3.05) is 31.6 Å². The molecule has 3 rings (SSSR count). The maximum atomic E-state index is 13.9. The average molecular weight is 500 g/mol. The third kappa shape index (κ3) is 6.66. The van der Waals surface area contributed by atoms with Crippen LogP contribution in [0.1, 0.15) is 36.2 Å². The summed E-state index contributed by atoms with van der Waals surface area (Å²) < 4.78 is 19.0. The molecule has 1 heterocycles. The number of halogens is 1. The van der Waals surface area contributed by atoms with E-state index in [0.717, 1.165) is 4.90 Å². The molecule has 1 aliphatic heterocycles. The van der Waals surface area contributed by atoms with E-state index in [0.29, 0.717) is 24.3 Å². The molecule has 10 heteroatoms. The Bertz CT molecular complexity index is 1120. The number of carbonyl (C=O) groups is 4. The van der Waals surface area contributed by atoms with E-state index in [1.165, 1.54) is 24.3 Å². The summed E-state index contributed by atoms with van der Waals surface area (Å²) in [6.07, 6.45) is -1.25. The number of ether oxygens (including phenoxy) is 1. The summed E-state index contributed by atoms with van der Waals surface area (Å²) in [5.41, 5.74) is 0.960. The lowest BCUT2D eigenvalue weighted by molar-refractivity contribution is -0.155. The molecule has 3 amide bonds. The zero-order valence-electron chi connectivity index (χ0n) is 20.3. The van der Waals surface area contributed by atoms with E-state index in [4.69, 9.17) is 4.74 Å². The first kappa shape index (κ1) is 26.8. The minimum absolute atomic E-state index is 0.0427. The Morgan fingerprint density at radius 2 is 1.83 bits per heavy atom. The average Bonchev–Trinajstić information content (AvgIpc) is 3.26. The molecule has 1 aliphatic rings. The highest BCUT2D eigenvalue weighted by Gasteiger charge is 2.40. The summed E-state index contributed by atoms with van der Waals surface area (Å²) in [6, 6.07) is 11.2. The van der Waals surface area contributed by atoms with Crippen molar-refractivity contribution in [3.05, 3.63) is 65.5 Å². The molecule has 0 aromatic heterocycles. The summed E-state index contributed by atoms with van der Waals surface area (Å²) in [5.74, 6) is -2.70. The quantitative estimate of drug-likeness (QED) is 0.510. The minimum Gasteiger partial charge on any atom is -0.454 e. The topological polar surface area (TPSA) is 116 Å². The molecule has 9 nitrogen and oxygen atoms in total. The third-order valence-corrected chi connectivity index (χ3v) is 5.96. The number of rotatable bonds is 9. The van der Waals surface area contributed by atoms with Crippen LogP contribution in [0.5, 0.6) is 0 Å². The predicted octanol–water partition coefficient (Wildman–Crippen LogP) is 1.99. The lowest BCUT2D eigenvalue weighted by Crippen LogP contribution is -2.43. The minimum atomic E-state index is -1.08. The summed E-state index contributed by atoms with van der Waals surface area (Å²) in [6.45, 7) is 4.15. The van der Waals surface area contributed by atoms with Gasteiger partial charge in [0.05, 0.1) is 12.5 Å². The number of β-amino-alcohol motifs (C(OH)–C–C–N with tert-alkyl or cyclic N) is 1. The number of benzene rings is 2. The van der Waals surface area contributed by atoms with Gasteiger partial charge in [0.15, 0.2) is 6.61 Å². The number of aliphatic hydroxyl groups is 1. The van der Waals surface area contributed by atoms with E-state index in [-0.39, 0.29) is 30.9 Å². The van der Waals surface area contributed by atoms with Gasteiger partial charge in [0.1, 0.15) is 11.9 Å². The van der Waals surface area contributed by atoms with Gasteiger partial charge in [-0.25, -0.2) is 9.18 Å². The highest BCUT2D eigenvalue weighted by Crippen LogP contribution is 2.21. The van der Waals surface area contributed by atoms with Crippen molar-refractivity contribution in [2.24, 2.45) is 0 Å². The maximum absolute atomic E-state index is 13.9. The Hall–Kier alpha value is -3.79. The molecule has 2 unspecified atom stereocenters. The second-order valence-electron chi connectivity index (χ2n) is 8.43. The van der Waals surface area contributed by atoms with Crippen molar-refractivity contribution < 1.29 is 33.4 Å². The molecule has 36 heavy (non-hydrogen) atoms. The Morgan fingerprint density at radius 1 is 1.11 bits per heavy atom. The number of esters is 1. The number of likely N-dealkylation sites (tertiary alicyclic amines) is 1. The molecule has 1 fully saturated rings. The fourth-order valence-electron chi connectivity index (χ4n) is 4.07. The van der Waals surface area contributed by atoms with E-state index in [1.54, 1.807) is 29.2 Å². The smallest absolute Gasteiger partial charge is 0.329 e. The lowest BCUT2D eigenvalue weighted by Gasteiger charge is -2.23. The van der Waals surface area contributed by atoms with Crippen LogP contribution in [0.15, 0.2) is 48.5 Å². The standard InChI is InChI=1S/C26H30FN3O6/c1-3-29(4-2)25(34)18-9-7-10-19(12-18)28-23(32)16-36-26(35)22-14-20(31)15-30(22)24(33)13-17-8-5-6-11-21(17)27/h5-12,20,22,31H,3-4,13-16H2,1-2H3,(H,28,32). The second kappa shape index (κ2) is 12.3. The van der Waals surface area contributed by atoms with Crippen molar-refractivity contribution in [2.45, 2.75) is 38.8 Å². The molecular weight excluding hydrogens is 469 g/mol. The van der Waals surface area contributed by atoms with Gasteiger partial charge >= 0.3 is 5.97 Å². The van der Waals surface area contributed by atoms with E-state index in [2.05, 4.69) is 5.32 Å². The van der Waals surface area contributed by atoms with Crippen LogP contribution in [0.4, 0.5) is 10.1 Å². The predicted molar refractivity (Wildman–Crippen MR) is 130 cm³/mol. The first-order valence-electron chi connectivity index (χ1n) is 11.8. The summed E-state index contributed by atoms with van der Waals surface area (Å²) in [4.78, 5) is 53.0. The van der Waals surface area contributed by atoms with E-state index >= 15 is 0 Å². The summed E-state index contributed by atoms with van der Waals surface area (Å²) in [5, 5.41) is 12.6. The lowest BCUT2D eigenvalue weighted by atomic mass is 10.1. The molecular formula is C26H30FN3O6. The maximum Gasteiger partial charge on any atom is 0.329 e. The van der Waals surface area contributed by atoms with E-state index < -0.39 is 42.4 Å². The molecule has 2 aromatic rings. The Kier molecular flexibility index (Phi) is 9.13. The normalized spacial score (nSPS) is 16.9. The number of anilines is 1. The zero-order chi connectivity index (χ0) is 26.2. The van der Waals surface area contributed by atoms with Crippen molar-refractivity contribution >= 4 is 29.4 Å². The fraction of sp³-hybridized carbons (Fsp3) is 0.385. The van der Waals surface area contributed by atoms with Crippen LogP contribution >= 0.6 is 0 Å². The number of nitrogens with one attached hydrogen (secondary N) is 1. The van der Waals surface area contributed by atoms with Crippen LogP contribution in [0.3, 0.4) is 0 Å². The van der Waals surface area contributed by atoms with Gasteiger partial charge in [-0.1, -0.05) is 24.3 Å². The SMILES string of the molecule is CCN(CC)C(=O)c1cccc(NC(=O)COC(=O)C2CC(O)CN2C(=O)Cc2ccccc2F)c1. The van der Waals surface area contributed by atoms with Crippen LogP contribution in [-0.2, 0) is 25.5 Å². The summed E-state index contributed by atoms with van der Waals surface area (Å²) in [7, 11) is 0. The van der Waals surface area contributed by atoms with Gasteiger partial charge in [0.2, 0.25) is 5.91 Å². The third-order valence-electron chi connectivity index (χ3n) is 5.96. The first-order chi connectivity index (χ1) is 17.2. The molecule has 2 atom stereocenters. The monoisotopic (exact) mass is 499 g/mol. The number of carbonyl (C=O) groups excluding carboxylic acids is 4. The first-order valence-corrected chi connectivity index (χ1v) is 11.8. The van der Waals surface area contributed by atoms with Gasteiger partial charge in [0, 0.05) is 37.3 Å². The molecule has 0 radical (unpaired) electrons. The van der Waals surface area contributed by atoms with Gasteiger partial charge in [-0.3, -0.25) is 14.4 Å². The van der Waals surface area contributed by atoms with E-state index in [1.807, 2.05) is 13.8 Å². The van der Waals surface area contributed by atoms with E-state index in [9.17, 15) is 28.7 Å². The highest BCUT2D eigenvalue weighted by molar-refractivity contribution is 5.98. The Labute approximate surface area is 208 Å². The molecule has 0 aliphatic carbocycles. The molecule has 192 valence electrons. The van der Waals surface area contributed by atoms with Gasteiger partial charge in [-0.2, -0.15) is 0 Å². The van der Waals surface area contributed by atoms with Crippen LogP contribution in [0.25, 0.3) is 0 Å². The number of amides is 3. The van der Waals surface area contributed by atoms with Crippen LogP contribution < -0.4 is 5.32 Å². The Balaban J connectivity index is 1.57. The number of nitrogens with zero attached hydrogens (tertiary/aromatic N) is 2. The molecule has 0 bridgehead atoms. The number of hydrogen-bond acceptors (Lipinski definition) is 6. The van der Waals surface area contributed by atoms with Crippen molar-refractivity contribution in [1.82, 2.24) is 9.80 Å². The van der Waals surface area contributed by atoms with Crippen molar-refractivity contribution in [3.63, 3.8) is 0 Å². The van der Waals surface area contributed by atoms with Gasteiger partial charge in [-0.05, 0) is 43.7 Å². The molecule has 2 N–H and O–H groups in total. The largest absolute Gasteiger partial charge is 0.454 e. The van der Waals surface area contributed by atoms with Gasteiger partial charge in [-0.15, -0.1) is 0 Å².